The molecule has 222 valence electrons. The lowest BCUT2D eigenvalue weighted by atomic mass is 10.1. The van der Waals surface area contributed by atoms with E-state index in [1.165, 1.54) is 18.6 Å². The highest BCUT2D eigenvalue weighted by atomic mass is 127. The smallest absolute Gasteiger partial charge is 0.255 e. The third-order valence-electron chi connectivity index (χ3n) is 6.29. The number of nitrogen functional groups attached to an aromatic ring is 1. The second-order valence-corrected chi connectivity index (χ2v) is 15.1. The zero-order valence-corrected chi connectivity index (χ0v) is 29.0. The van der Waals surface area contributed by atoms with Crippen LogP contribution in [-0.4, -0.2) is 35.3 Å². The first-order chi connectivity index (χ1) is 20.5. The molecule has 0 aliphatic rings. The number of anilines is 2. The van der Waals surface area contributed by atoms with Crippen LogP contribution >= 0.6 is 56.5 Å². The van der Waals surface area contributed by atoms with E-state index in [-0.39, 0.29) is 28.9 Å². The van der Waals surface area contributed by atoms with Gasteiger partial charge in [-0.3, -0.25) is 4.79 Å². The van der Waals surface area contributed by atoms with Crippen molar-refractivity contribution in [3.8, 4) is 10.4 Å². The molecule has 0 unspecified atom stereocenters. The third kappa shape index (κ3) is 7.60. The molecule has 5 N–H and O–H groups in total. The van der Waals surface area contributed by atoms with Gasteiger partial charge in [0.15, 0.2) is 0 Å². The fourth-order valence-electron chi connectivity index (χ4n) is 4.24. The number of nitrogens with one attached hydrogen (secondary N) is 3. The molecule has 10 nitrogen and oxygen atoms in total. The van der Waals surface area contributed by atoms with Gasteiger partial charge in [0.05, 0.1) is 17.6 Å². The molecular weight excluding hydrogens is 812 g/mol. The van der Waals surface area contributed by atoms with Crippen molar-refractivity contribution in [2.45, 2.75) is 37.9 Å². The number of hydrogen-bond donors (Lipinski definition) is 4. The van der Waals surface area contributed by atoms with Crippen molar-refractivity contribution < 1.29 is 13.2 Å². The quantitative estimate of drug-likeness (QED) is 0.130. The van der Waals surface area contributed by atoms with Gasteiger partial charge < -0.3 is 16.4 Å². The highest BCUT2D eigenvalue weighted by Gasteiger charge is 2.21. The minimum Gasteiger partial charge on any atom is -0.383 e. The number of amides is 1. The Labute approximate surface area is 280 Å². The molecule has 3 heterocycles. The van der Waals surface area contributed by atoms with Gasteiger partial charge in [0.2, 0.25) is 10.0 Å². The van der Waals surface area contributed by atoms with Gasteiger partial charge in [0.1, 0.15) is 22.9 Å². The van der Waals surface area contributed by atoms with E-state index in [2.05, 4.69) is 75.5 Å². The van der Waals surface area contributed by atoms with E-state index < -0.39 is 15.9 Å². The molecule has 43 heavy (non-hydrogen) atoms. The van der Waals surface area contributed by atoms with Gasteiger partial charge in [-0.25, -0.2) is 28.1 Å². The molecule has 5 aromatic rings. The number of benzene rings is 2. The summed E-state index contributed by atoms with van der Waals surface area (Å²) in [7, 11) is -3.86. The van der Waals surface area contributed by atoms with Crippen molar-refractivity contribution >= 4 is 95.0 Å². The Kier molecular flexibility index (Phi) is 9.79. The van der Waals surface area contributed by atoms with Crippen LogP contribution in [0.5, 0.6) is 0 Å². The zero-order chi connectivity index (χ0) is 30.7. The summed E-state index contributed by atoms with van der Waals surface area (Å²) in [6.07, 6.45) is 2.70. The Morgan fingerprint density at radius 3 is 2.56 bits per heavy atom. The summed E-state index contributed by atoms with van der Waals surface area (Å²) in [4.78, 5) is 28.0. The summed E-state index contributed by atoms with van der Waals surface area (Å²) in [5, 5.41) is 6.92. The van der Waals surface area contributed by atoms with Crippen LogP contribution in [0.15, 0.2) is 72.0 Å². The van der Waals surface area contributed by atoms with Gasteiger partial charge in [0.25, 0.3) is 5.91 Å². The van der Waals surface area contributed by atoms with Crippen LogP contribution in [0, 0.1) is 7.14 Å². The van der Waals surface area contributed by atoms with Crippen molar-refractivity contribution in [2.24, 2.45) is 0 Å². The van der Waals surface area contributed by atoms with Crippen LogP contribution in [0.2, 0.25) is 0 Å². The normalized spacial score (nSPS) is 11.7. The van der Waals surface area contributed by atoms with Crippen LogP contribution in [0.1, 0.15) is 34.6 Å². The van der Waals surface area contributed by atoms with Gasteiger partial charge in [-0.2, -0.15) is 0 Å². The fraction of sp³-hybridized carbons (Fsp3) is 0.172. The Morgan fingerprint density at radius 1 is 0.977 bits per heavy atom. The number of fused-ring (bicyclic) bond motifs is 1. The van der Waals surface area contributed by atoms with Crippen LogP contribution in [0.3, 0.4) is 0 Å². The van der Waals surface area contributed by atoms with Crippen LogP contribution in [0.4, 0.5) is 11.6 Å². The summed E-state index contributed by atoms with van der Waals surface area (Å²) < 4.78 is 30.5. The molecule has 5 rings (SSSR count). The molecule has 0 radical (unpaired) electrons. The summed E-state index contributed by atoms with van der Waals surface area (Å²) in [5.74, 6) is 0.268. The minimum absolute atomic E-state index is 0.0846. The van der Waals surface area contributed by atoms with E-state index in [1.54, 1.807) is 25.2 Å². The van der Waals surface area contributed by atoms with Crippen molar-refractivity contribution in [2.75, 3.05) is 11.1 Å². The predicted molar refractivity (Wildman–Crippen MR) is 187 cm³/mol. The number of hydrogen-bond acceptors (Lipinski definition) is 9. The molecule has 0 saturated carbocycles. The van der Waals surface area contributed by atoms with E-state index in [9.17, 15) is 13.2 Å². The molecule has 0 saturated heterocycles. The number of carbonyl (C=O) groups is 1. The van der Waals surface area contributed by atoms with Gasteiger partial charge in [0, 0.05) is 41.1 Å². The van der Waals surface area contributed by atoms with Crippen LogP contribution in [-0.2, 0) is 23.1 Å². The van der Waals surface area contributed by atoms with Gasteiger partial charge >= 0.3 is 0 Å². The Morgan fingerprint density at radius 2 is 1.79 bits per heavy atom. The van der Waals surface area contributed by atoms with E-state index in [0.717, 1.165) is 38.9 Å². The average molecular weight is 840 g/mol. The molecule has 0 bridgehead atoms. The molecule has 2 aromatic carbocycles. The highest BCUT2D eigenvalue weighted by Crippen LogP contribution is 2.32. The first-order valence-electron chi connectivity index (χ1n) is 13.1. The van der Waals surface area contributed by atoms with E-state index in [0.29, 0.717) is 12.4 Å². The van der Waals surface area contributed by atoms with Crippen molar-refractivity contribution in [1.29, 1.82) is 0 Å². The number of carbonyl (C=O) groups excluding carboxylic acids is 1. The number of halogens is 2. The molecule has 1 amide bonds. The highest BCUT2D eigenvalue weighted by molar-refractivity contribution is 14.1. The number of nitrogens with zero attached hydrogens (tertiary/aromatic N) is 3. The molecular formula is C29H27I2N7O3S2. The Balaban J connectivity index is 1.38. The SMILES string of the molecule is CC(C)NS(=O)(=O)c1cnc(NCc2ccc(-c3ccc4ncnc(N)c4c3)s2)c(C(=O)NCc2ccc(I)c(I)c2)c1. The van der Waals surface area contributed by atoms with E-state index in [1.807, 2.05) is 48.5 Å². The predicted octanol–water partition coefficient (Wildman–Crippen LogP) is 5.77. The standard InChI is InChI=1S/C29H27I2N7O3S2/c1-16(2)38-43(40,41)20-11-22(29(39)35-12-17-3-6-23(30)24(31)9-17)28(34-14-20)33-13-19-5-8-26(42-19)18-4-7-25-21(10-18)27(32)37-15-36-25/h3-11,14-16,38H,12-13H2,1-2H3,(H,33,34)(H,35,39)(H2,32,36,37). The second kappa shape index (κ2) is 13.4. The number of aromatic nitrogens is 3. The molecule has 0 fully saturated rings. The number of nitrogens with two attached hydrogens (primary N) is 1. The lowest BCUT2D eigenvalue weighted by molar-refractivity contribution is 0.0951. The maximum absolute atomic E-state index is 13.4. The van der Waals surface area contributed by atoms with Crippen molar-refractivity contribution in [1.82, 2.24) is 25.0 Å². The van der Waals surface area contributed by atoms with E-state index >= 15 is 0 Å². The Hall–Kier alpha value is -2.93. The summed E-state index contributed by atoms with van der Waals surface area (Å²) >= 11 is 6.08. The first-order valence-corrected chi connectivity index (χ1v) is 17.5. The fourth-order valence-corrected chi connectivity index (χ4v) is 7.32. The molecule has 0 spiro atoms. The molecule has 14 heteroatoms. The largest absolute Gasteiger partial charge is 0.383 e. The van der Waals surface area contributed by atoms with Crippen LogP contribution in [0.25, 0.3) is 21.3 Å². The topological polar surface area (TPSA) is 152 Å². The van der Waals surface area contributed by atoms with Crippen LogP contribution < -0.4 is 21.1 Å². The average Bonchev–Trinajstić information content (AvgIpc) is 3.45. The maximum Gasteiger partial charge on any atom is 0.255 e. The van der Waals surface area contributed by atoms with Gasteiger partial charge in [-0.05, 0) is 113 Å². The minimum atomic E-state index is -3.86. The number of rotatable bonds is 10. The number of sulfonamides is 1. The number of pyridine rings is 1. The molecule has 3 aromatic heterocycles. The third-order valence-corrected chi connectivity index (χ3v) is 11.9. The zero-order valence-electron chi connectivity index (χ0n) is 23.1. The first kappa shape index (κ1) is 31.5. The van der Waals surface area contributed by atoms with Crippen molar-refractivity contribution in [3.63, 3.8) is 0 Å². The monoisotopic (exact) mass is 839 g/mol. The second-order valence-electron chi connectivity index (χ2n) is 9.88. The van der Waals surface area contributed by atoms with Gasteiger partial charge in [-0.15, -0.1) is 11.3 Å². The summed E-state index contributed by atoms with van der Waals surface area (Å²) in [5.41, 5.74) is 8.87. The summed E-state index contributed by atoms with van der Waals surface area (Å²) in [6, 6.07) is 16.8. The summed E-state index contributed by atoms with van der Waals surface area (Å²) in [6.45, 7) is 4.12. The van der Waals surface area contributed by atoms with Gasteiger partial charge in [-0.1, -0.05) is 12.1 Å². The lowest BCUT2D eigenvalue weighted by Crippen LogP contribution is -2.31. The van der Waals surface area contributed by atoms with Crippen molar-refractivity contribution in [3.05, 3.63) is 90.3 Å². The number of thiophene rings is 1. The maximum atomic E-state index is 13.4. The Bertz CT molecular complexity index is 1930. The molecule has 0 atom stereocenters. The molecule has 0 aliphatic heterocycles. The lowest BCUT2D eigenvalue weighted by Gasteiger charge is -2.14. The molecule has 0 aliphatic carbocycles. The van der Waals surface area contributed by atoms with E-state index in [4.69, 9.17) is 5.73 Å².